The molecule has 0 atom stereocenters. The van der Waals surface area contributed by atoms with Crippen molar-refractivity contribution in [1.29, 1.82) is 0 Å². The zero-order chi connectivity index (χ0) is 13.4. The second-order valence-electron chi connectivity index (χ2n) is 4.40. The summed E-state index contributed by atoms with van der Waals surface area (Å²) in [5.74, 6) is -0.725. The highest BCUT2D eigenvalue weighted by Crippen LogP contribution is 2.28. The van der Waals surface area contributed by atoms with E-state index in [2.05, 4.69) is 5.32 Å². The average Bonchev–Trinajstić information content (AvgIpc) is 2.78. The lowest BCUT2D eigenvalue weighted by Gasteiger charge is -2.07. The monoisotopic (exact) mass is 255 g/mol. The topological polar surface area (TPSA) is 46.2 Å². The van der Waals surface area contributed by atoms with Gasteiger partial charge in [0.25, 0.3) is 0 Å². The van der Waals surface area contributed by atoms with Crippen molar-refractivity contribution < 1.29 is 14.0 Å². The highest BCUT2D eigenvalue weighted by molar-refractivity contribution is 6.16. The van der Waals surface area contributed by atoms with E-state index in [-0.39, 0.29) is 17.5 Å². The SMILES string of the molecule is O=C1Cc2cccc(C(=O)c3ccc(F)cc3)c2N1. The molecule has 1 N–H and O–H groups in total. The fourth-order valence-corrected chi connectivity index (χ4v) is 2.20. The molecule has 0 bridgehead atoms. The zero-order valence-electron chi connectivity index (χ0n) is 9.94. The minimum atomic E-state index is -0.386. The van der Waals surface area contributed by atoms with Gasteiger partial charge in [-0.25, -0.2) is 4.39 Å². The van der Waals surface area contributed by atoms with Crippen LogP contribution in [0.25, 0.3) is 0 Å². The Morgan fingerprint density at radius 3 is 2.58 bits per heavy atom. The van der Waals surface area contributed by atoms with Crippen LogP contribution < -0.4 is 5.32 Å². The first kappa shape index (κ1) is 11.6. The molecule has 2 aromatic carbocycles. The molecule has 1 aliphatic heterocycles. The van der Waals surface area contributed by atoms with Crippen molar-refractivity contribution in [2.75, 3.05) is 5.32 Å². The van der Waals surface area contributed by atoms with E-state index >= 15 is 0 Å². The first-order chi connectivity index (χ1) is 9.15. The van der Waals surface area contributed by atoms with Crippen LogP contribution in [0.4, 0.5) is 10.1 Å². The molecule has 0 saturated heterocycles. The van der Waals surface area contributed by atoms with E-state index in [4.69, 9.17) is 0 Å². The van der Waals surface area contributed by atoms with Crippen LogP contribution in [0.2, 0.25) is 0 Å². The van der Waals surface area contributed by atoms with Gasteiger partial charge >= 0.3 is 0 Å². The Hall–Kier alpha value is -2.49. The molecule has 1 aliphatic rings. The number of rotatable bonds is 2. The van der Waals surface area contributed by atoms with Crippen molar-refractivity contribution in [1.82, 2.24) is 0 Å². The van der Waals surface area contributed by atoms with Crippen LogP contribution in [-0.2, 0) is 11.2 Å². The van der Waals surface area contributed by atoms with Crippen LogP contribution in [0.3, 0.4) is 0 Å². The van der Waals surface area contributed by atoms with Crippen LogP contribution in [0.15, 0.2) is 42.5 Å². The molecular weight excluding hydrogens is 245 g/mol. The van der Waals surface area contributed by atoms with Gasteiger partial charge in [0.2, 0.25) is 5.91 Å². The minimum Gasteiger partial charge on any atom is -0.325 e. The molecule has 0 aromatic heterocycles. The second-order valence-corrected chi connectivity index (χ2v) is 4.40. The standard InChI is InChI=1S/C15H10FNO2/c16-11-6-4-9(5-7-11)15(19)12-3-1-2-10-8-13(18)17-14(10)12/h1-7H,8H2,(H,17,18). The number of anilines is 1. The van der Waals surface area contributed by atoms with Gasteiger partial charge in [-0.15, -0.1) is 0 Å². The normalized spacial score (nSPS) is 13.0. The highest BCUT2D eigenvalue weighted by Gasteiger charge is 2.23. The summed E-state index contributed by atoms with van der Waals surface area (Å²) in [5, 5.41) is 2.69. The molecule has 1 heterocycles. The molecule has 19 heavy (non-hydrogen) atoms. The summed E-state index contributed by atoms with van der Waals surface area (Å²) >= 11 is 0. The molecule has 3 rings (SSSR count). The first-order valence-electron chi connectivity index (χ1n) is 5.87. The number of nitrogens with one attached hydrogen (secondary N) is 1. The maximum absolute atomic E-state index is 12.9. The van der Waals surface area contributed by atoms with E-state index in [9.17, 15) is 14.0 Å². The summed E-state index contributed by atoms with van der Waals surface area (Å²) in [6.45, 7) is 0. The Bertz CT molecular complexity index is 677. The molecule has 0 fully saturated rings. The molecule has 4 heteroatoms. The number of benzene rings is 2. The molecule has 0 unspecified atom stereocenters. The van der Waals surface area contributed by atoms with Gasteiger partial charge in [-0.2, -0.15) is 0 Å². The maximum Gasteiger partial charge on any atom is 0.228 e. The number of carbonyl (C=O) groups is 2. The molecule has 0 spiro atoms. The molecule has 0 aliphatic carbocycles. The van der Waals surface area contributed by atoms with Gasteiger partial charge < -0.3 is 5.32 Å². The minimum absolute atomic E-state index is 0.116. The first-order valence-corrected chi connectivity index (χ1v) is 5.87. The molecule has 1 amide bonds. The molecule has 3 nitrogen and oxygen atoms in total. The number of para-hydroxylation sites is 1. The number of carbonyl (C=O) groups excluding carboxylic acids is 2. The van der Waals surface area contributed by atoms with Gasteiger partial charge in [-0.3, -0.25) is 9.59 Å². The summed E-state index contributed by atoms with van der Waals surface area (Å²) in [6.07, 6.45) is 0.292. The lowest BCUT2D eigenvalue weighted by atomic mass is 9.99. The Balaban J connectivity index is 2.04. The molecule has 0 saturated carbocycles. The van der Waals surface area contributed by atoms with Crippen molar-refractivity contribution in [3.05, 3.63) is 65.0 Å². The van der Waals surface area contributed by atoms with E-state index in [1.165, 1.54) is 24.3 Å². The number of halogens is 1. The van der Waals surface area contributed by atoms with Crippen LogP contribution >= 0.6 is 0 Å². The lowest BCUT2D eigenvalue weighted by molar-refractivity contribution is -0.115. The molecule has 2 aromatic rings. The second kappa shape index (κ2) is 4.31. The van der Waals surface area contributed by atoms with Crippen molar-refractivity contribution in [2.24, 2.45) is 0 Å². The number of amides is 1. The number of fused-ring (bicyclic) bond motifs is 1. The van der Waals surface area contributed by atoms with Crippen molar-refractivity contribution in [3.63, 3.8) is 0 Å². The highest BCUT2D eigenvalue weighted by atomic mass is 19.1. The van der Waals surface area contributed by atoms with E-state index in [1.807, 2.05) is 6.07 Å². The van der Waals surface area contributed by atoms with E-state index in [0.29, 0.717) is 23.2 Å². The van der Waals surface area contributed by atoms with Gasteiger partial charge in [-0.1, -0.05) is 12.1 Å². The molecule has 0 radical (unpaired) electrons. The summed E-state index contributed by atoms with van der Waals surface area (Å²) in [5.41, 5.74) is 2.23. The number of hydrogen-bond acceptors (Lipinski definition) is 2. The van der Waals surface area contributed by atoms with E-state index < -0.39 is 0 Å². The third-order valence-corrected chi connectivity index (χ3v) is 3.12. The zero-order valence-corrected chi connectivity index (χ0v) is 9.94. The lowest BCUT2D eigenvalue weighted by Crippen LogP contribution is -2.08. The van der Waals surface area contributed by atoms with Crippen molar-refractivity contribution in [2.45, 2.75) is 6.42 Å². The van der Waals surface area contributed by atoms with Crippen LogP contribution in [-0.4, -0.2) is 11.7 Å². The summed E-state index contributed by atoms with van der Waals surface area (Å²) in [6, 6.07) is 10.6. The summed E-state index contributed by atoms with van der Waals surface area (Å²) in [4.78, 5) is 23.7. The van der Waals surface area contributed by atoms with Crippen LogP contribution in [0, 0.1) is 5.82 Å². The van der Waals surface area contributed by atoms with Crippen molar-refractivity contribution in [3.8, 4) is 0 Å². The summed E-state index contributed by atoms with van der Waals surface area (Å²) < 4.78 is 12.9. The predicted octanol–water partition coefficient (Wildman–Crippen LogP) is 2.55. The Labute approximate surface area is 109 Å². The third-order valence-electron chi connectivity index (χ3n) is 3.12. The largest absolute Gasteiger partial charge is 0.325 e. The Morgan fingerprint density at radius 1 is 1.11 bits per heavy atom. The Kier molecular flexibility index (Phi) is 2.63. The van der Waals surface area contributed by atoms with Gasteiger partial charge in [-0.05, 0) is 35.9 Å². The van der Waals surface area contributed by atoms with Crippen molar-refractivity contribution >= 4 is 17.4 Å². The quantitative estimate of drug-likeness (QED) is 0.838. The van der Waals surface area contributed by atoms with Gasteiger partial charge in [0, 0.05) is 11.1 Å². The number of hydrogen-bond donors (Lipinski definition) is 1. The van der Waals surface area contributed by atoms with Gasteiger partial charge in [0.1, 0.15) is 5.82 Å². The van der Waals surface area contributed by atoms with Gasteiger partial charge in [0.15, 0.2) is 5.78 Å². The van der Waals surface area contributed by atoms with Crippen LogP contribution in [0.1, 0.15) is 21.5 Å². The average molecular weight is 255 g/mol. The van der Waals surface area contributed by atoms with Crippen LogP contribution in [0.5, 0.6) is 0 Å². The Morgan fingerprint density at radius 2 is 1.84 bits per heavy atom. The summed E-state index contributed by atoms with van der Waals surface area (Å²) in [7, 11) is 0. The number of ketones is 1. The van der Waals surface area contributed by atoms with Gasteiger partial charge in [0.05, 0.1) is 12.1 Å². The van der Waals surface area contributed by atoms with E-state index in [0.717, 1.165) is 5.56 Å². The predicted molar refractivity (Wildman–Crippen MR) is 68.6 cm³/mol. The fourth-order valence-electron chi connectivity index (χ4n) is 2.20. The molecular formula is C15H10FNO2. The van der Waals surface area contributed by atoms with E-state index in [1.54, 1.807) is 12.1 Å². The smallest absolute Gasteiger partial charge is 0.228 e. The fraction of sp³-hybridized carbons (Fsp3) is 0.0667. The molecule has 94 valence electrons. The third kappa shape index (κ3) is 2.01. The maximum atomic E-state index is 12.9.